The molecule has 1 rings (SSSR count). The van der Waals surface area contributed by atoms with Crippen molar-refractivity contribution in [3.63, 3.8) is 0 Å². The van der Waals surface area contributed by atoms with Crippen LogP contribution in [0.15, 0.2) is 0 Å². The van der Waals surface area contributed by atoms with Gasteiger partial charge >= 0.3 is 0 Å². The van der Waals surface area contributed by atoms with E-state index in [2.05, 4.69) is 5.32 Å². The number of carbonyl (C=O) groups excluding carboxylic acids is 1. The first-order valence-electron chi connectivity index (χ1n) is 2.99. The Bertz CT molecular complexity index is 112. The largest absolute Gasteiger partial charge is 0.306 e. The van der Waals surface area contributed by atoms with E-state index in [-0.39, 0.29) is 12.5 Å². The van der Waals surface area contributed by atoms with Crippen molar-refractivity contribution in [2.45, 2.75) is 18.9 Å². The first-order valence-corrected chi connectivity index (χ1v) is 2.99. The Morgan fingerprint density at radius 3 is 2.78 bits per heavy atom. The molecule has 0 aromatic carbocycles. The Kier molecular flexibility index (Phi) is 2.02. The van der Waals surface area contributed by atoms with Gasteiger partial charge in [-0.2, -0.15) is 0 Å². The lowest BCUT2D eigenvalue weighted by molar-refractivity contribution is -0.128. The third kappa shape index (κ3) is 2.43. The van der Waals surface area contributed by atoms with Crippen molar-refractivity contribution in [2.75, 3.05) is 6.54 Å². The van der Waals surface area contributed by atoms with Gasteiger partial charge in [-0.1, -0.05) is 0 Å². The summed E-state index contributed by atoms with van der Waals surface area (Å²) in [7, 11) is 0. The van der Waals surface area contributed by atoms with Crippen molar-refractivity contribution in [1.29, 1.82) is 0 Å². The van der Waals surface area contributed by atoms with Gasteiger partial charge in [0.15, 0.2) is 0 Å². The minimum atomic E-state index is -0.373. The molecule has 0 heterocycles. The van der Waals surface area contributed by atoms with Crippen LogP contribution in [0.2, 0.25) is 0 Å². The molecule has 0 unspecified atom stereocenters. The zero-order chi connectivity index (χ0) is 6.69. The fourth-order valence-corrected chi connectivity index (χ4v) is 0.564. The molecule has 1 amide bonds. The number of hydrogen-bond acceptors (Lipinski definition) is 3. The first kappa shape index (κ1) is 6.51. The highest BCUT2D eigenvalue weighted by Crippen LogP contribution is 2.17. The third-order valence-electron chi connectivity index (χ3n) is 1.25. The van der Waals surface area contributed by atoms with E-state index in [1.54, 1.807) is 5.48 Å². The molecule has 9 heavy (non-hydrogen) atoms. The summed E-state index contributed by atoms with van der Waals surface area (Å²) in [5.74, 6) is -0.373. The maximum absolute atomic E-state index is 10.3. The van der Waals surface area contributed by atoms with Crippen LogP contribution >= 0.6 is 0 Å². The molecule has 4 nitrogen and oxygen atoms in total. The first-order chi connectivity index (χ1) is 4.33. The maximum atomic E-state index is 10.3. The number of hydroxylamine groups is 1. The minimum absolute atomic E-state index is 0.223. The molecule has 0 spiro atoms. The fraction of sp³-hybridized carbons (Fsp3) is 0.800. The van der Waals surface area contributed by atoms with Crippen LogP contribution < -0.4 is 10.8 Å². The number of hydrogen-bond donors (Lipinski definition) is 3. The third-order valence-corrected chi connectivity index (χ3v) is 1.25. The summed E-state index contributed by atoms with van der Waals surface area (Å²) in [6.07, 6.45) is 2.30. The Balaban J connectivity index is 1.96. The molecular weight excluding hydrogens is 120 g/mol. The predicted octanol–water partition coefficient (Wildman–Crippen LogP) is -0.756. The van der Waals surface area contributed by atoms with Gasteiger partial charge in [-0.3, -0.25) is 10.0 Å². The van der Waals surface area contributed by atoms with Gasteiger partial charge in [0.1, 0.15) is 0 Å². The van der Waals surface area contributed by atoms with Crippen molar-refractivity contribution < 1.29 is 10.0 Å². The summed E-state index contributed by atoms with van der Waals surface area (Å²) >= 11 is 0. The van der Waals surface area contributed by atoms with Crippen molar-refractivity contribution in [3.8, 4) is 0 Å². The lowest BCUT2D eigenvalue weighted by Crippen LogP contribution is -2.32. The molecule has 0 saturated heterocycles. The van der Waals surface area contributed by atoms with Gasteiger partial charge in [-0.25, -0.2) is 5.48 Å². The summed E-state index contributed by atoms with van der Waals surface area (Å²) in [6, 6.07) is 0.516. The molecule has 0 radical (unpaired) electrons. The number of rotatable bonds is 3. The molecule has 3 N–H and O–H groups in total. The maximum Gasteiger partial charge on any atom is 0.257 e. The SMILES string of the molecule is O=C(CNC1CC1)NO. The molecule has 1 aliphatic rings. The number of carbonyl (C=O) groups is 1. The predicted molar refractivity (Wildman–Crippen MR) is 31.0 cm³/mol. The number of nitrogens with one attached hydrogen (secondary N) is 2. The van der Waals surface area contributed by atoms with Gasteiger partial charge in [0.05, 0.1) is 6.54 Å². The smallest absolute Gasteiger partial charge is 0.257 e. The molecule has 0 atom stereocenters. The molecule has 1 saturated carbocycles. The number of amides is 1. The molecule has 52 valence electrons. The van der Waals surface area contributed by atoms with E-state index in [1.165, 1.54) is 0 Å². The summed E-state index contributed by atoms with van der Waals surface area (Å²) in [6.45, 7) is 0.223. The summed E-state index contributed by atoms with van der Waals surface area (Å²) in [4.78, 5) is 10.3. The van der Waals surface area contributed by atoms with Crippen LogP contribution in [0.3, 0.4) is 0 Å². The van der Waals surface area contributed by atoms with Gasteiger partial charge < -0.3 is 5.32 Å². The standard InChI is InChI=1S/C5H10N2O2/c8-5(7-9)3-6-4-1-2-4/h4,6,9H,1-3H2,(H,7,8). The highest BCUT2D eigenvalue weighted by atomic mass is 16.5. The Morgan fingerprint density at radius 1 is 1.67 bits per heavy atom. The van der Waals surface area contributed by atoms with E-state index >= 15 is 0 Å². The van der Waals surface area contributed by atoms with Crippen LogP contribution in [0.1, 0.15) is 12.8 Å². The van der Waals surface area contributed by atoms with Crippen molar-refractivity contribution in [3.05, 3.63) is 0 Å². The Labute approximate surface area is 53.2 Å². The van der Waals surface area contributed by atoms with E-state index in [1.807, 2.05) is 0 Å². The lowest BCUT2D eigenvalue weighted by Gasteiger charge is -1.97. The highest BCUT2D eigenvalue weighted by Gasteiger charge is 2.20. The Morgan fingerprint density at radius 2 is 2.33 bits per heavy atom. The van der Waals surface area contributed by atoms with Crippen LogP contribution in [0.5, 0.6) is 0 Å². The second-order valence-corrected chi connectivity index (χ2v) is 2.19. The van der Waals surface area contributed by atoms with Crippen LogP contribution in [-0.2, 0) is 4.79 Å². The van der Waals surface area contributed by atoms with Gasteiger partial charge in [-0.05, 0) is 12.8 Å². The average Bonchev–Trinajstić information content (AvgIpc) is 2.65. The molecule has 1 aliphatic carbocycles. The Hall–Kier alpha value is -0.610. The zero-order valence-corrected chi connectivity index (χ0v) is 5.05. The minimum Gasteiger partial charge on any atom is -0.306 e. The van der Waals surface area contributed by atoms with E-state index in [4.69, 9.17) is 5.21 Å². The average molecular weight is 130 g/mol. The quantitative estimate of drug-likeness (QED) is 0.348. The van der Waals surface area contributed by atoms with E-state index in [9.17, 15) is 4.79 Å². The van der Waals surface area contributed by atoms with Crippen molar-refractivity contribution in [1.82, 2.24) is 10.8 Å². The fourth-order valence-electron chi connectivity index (χ4n) is 0.564. The summed E-state index contributed by atoms with van der Waals surface area (Å²) in [5, 5.41) is 11.0. The van der Waals surface area contributed by atoms with Gasteiger partial charge in [-0.15, -0.1) is 0 Å². The molecule has 0 bridgehead atoms. The molecule has 0 aromatic heterocycles. The van der Waals surface area contributed by atoms with Gasteiger partial charge in [0, 0.05) is 6.04 Å². The molecule has 1 fully saturated rings. The molecule has 0 aromatic rings. The van der Waals surface area contributed by atoms with Gasteiger partial charge in [0.2, 0.25) is 0 Å². The second-order valence-electron chi connectivity index (χ2n) is 2.19. The van der Waals surface area contributed by atoms with E-state index < -0.39 is 0 Å². The lowest BCUT2D eigenvalue weighted by atomic mass is 10.6. The monoisotopic (exact) mass is 130 g/mol. The van der Waals surface area contributed by atoms with Crippen LogP contribution in [0.25, 0.3) is 0 Å². The summed E-state index contributed by atoms with van der Waals surface area (Å²) in [5.41, 5.74) is 1.55. The van der Waals surface area contributed by atoms with Crippen molar-refractivity contribution in [2.24, 2.45) is 0 Å². The molecule has 4 heteroatoms. The second kappa shape index (κ2) is 2.80. The van der Waals surface area contributed by atoms with E-state index in [0.717, 1.165) is 12.8 Å². The zero-order valence-electron chi connectivity index (χ0n) is 5.05. The topological polar surface area (TPSA) is 61.4 Å². The van der Waals surface area contributed by atoms with Crippen LogP contribution in [0.4, 0.5) is 0 Å². The van der Waals surface area contributed by atoms with Crippen LogP contribution in [-0.4, -0.2) is 23.7 Å². The van der Waals surface area contributed by atoms with Crippen LogP contribution in [0, 0.1) is 0 Å². The molecular formula is C5H10N2O2. The summed E-state index contributed by atoms with van der Waals surface area (Å²) < 4.78 is 0. The van der Waals surface area contributed by atoms with Crippen molar-refractivity contribution >= 4 is 5.91 Å². The van der Waals surface area contributed by atoms with Gasteiger partial charge in [0.25, 0.3) is 5.91 Å². The molecule has 0 aliphatic heterocycles. The normalized spacial score (nSPS) is 17.4. The highest BCUT2D eigenvalue weighted by molar-refractivity contribution is 5.76. The van der Waals surface area contributed by atoms with E-state index in [0.29, 0.717) is 6.04 Å².